The number of phenols is 10. The molecule has 4 aromatic rings. The van der Waals surface area contributed by atoms with Gasteiger partial charge in [0.1, 0.15) is 40.6 Å². The van der Waals surface area contributed by atoms with Gasteiger partial charge >= 0.3 is 0 Å². The summed E-state index contributed by atoms with van der Waals surface area (Å²) < 4.78 is 12.0. The van der Waals surface area contributed by atoms with E-state index in [1.165, 1.54) is 0 Å². The van der Waals surface area contributed by atoms with Crippen LogP contribution in [0, 0.1) is 0 Å². The first-order valence-electron chi connectivity index (χ1n) is 13.1. The topological polar surface area (TPSA) is 261 Å². The lowest BCUT2D eigenvalue weighted by Gasteiger charge is -2.40. The van der Waals surface area contributed by atoms with Crippen LogP contribution in [0.3, 0.4) is 0 Å². The highest BCUT2D eigenvalue weighted by Crippen LogP contribution is 2.57. The highest BCUT2D eigenvalue weighted by molar-refractivity contribution is 5.66. The van der Waals surface area contributed by atoms with Gasteiger partial charge in [-0.3, -0.25) is 0 Å². The molecule has 44 heavy (non-hydrogen) atoms. The minimum Gasteiger partial charge on any atom is -0.508 e. The maximum atomic E-state index is 11.8. The predicted molar refractivity (Wildman–Crippen MR) is 147 cm³/mol. The van der Waals surface area contributed by atoms with E-state index in [1.54, 1.807) is 0 Å². The van der Waals surface area contributed by atoms with E-state index >= 15 is 0 Å². The first-order chi connectivity index (χ1) is 20.8. The number of fused-ring (bicyclic) bond motifs is 2. The van der Waals surface area contributed by atoms with E-state index < -0.39 is 87.8 Å². The number of hydrogen-bond acceptors (Lipinski definition) is 14. The largest absolute Gasteiger partial charge is 0.508 e. The van der Waals surface area contributed by atoms with Crippen LogP contribution in [-0.4, -0.2) is 73.5 Å². The second-order valence-electron chi connectivity index (χ2n) is 10.6. The van der Waals surface area contributed by atoms with Gasteiger partial charge in [-0.05, 0) is 24.3 Å². The van der Waals surface area contributed by atoms with E-state index in [2.05, 4.69) is 0 Å². The molecule has 0 bridgehead atoms. The summed E-state index contributed by atoms with van der Waals surface area (Å²) in [5, 5.41) is 126. The Hall–Kier alpha value is -5.60. The third kappa shape index (κ3) is 4.35. The molecule has 2 aliphatic rings. The summed E-state index contributed by atoms with van der Waals surface area (Å²) >= 11 is 0. The van der Waals surface area contributed by atoms with Gasteiger partial charge in [-0.15, -0.1) is 0 Å². The molecule has 4 aromatic carbocycles. The van der Waals surface area contributed by atoms with Gasteiger partial charge < -0.3 is 70.8 Å². The lowest BCUT2D eigenvalue weighted by atomic mass is 9.77. The molecule has 230 valence electrons. The molecule has 2 aliphatic heterocycles. The fourth-order valence-corrected chi connectivity index (χ4v) is 5.85. The molecule has 0 aliphatic carbocycles. The third-order valence-electron chi connectivity index (χ3n) is 7.86. The van der Waals surface area contributed by atoms with E-state index in [0.29, 0.717) is 0 Å². The van der Waals surface area contributed by atoms with Crippen LogP contribution in [0.2, 0.25) is 0 Å². The summed E-state index contributed by atoms with van der Waals surface area (Å²) in [7, 11) is 0. The zero-order valence-corrected chi connectivity index (χ0v) is 22.3. The molecule has 14 heteroatoms. The van der Waals surface area contributed by atoms with Crippen LogP contribution in [0.4, 0.5) is 0 Å². The minimum absolute atomic E-state index is 0.00153. The van der Waals surface area contributed by atoms with Gasteiger partial charge in [-0.2, -0.15) is 0 Å². The van der Waals surface area contributed by atoms with Crippen molar-refractivity contribution in [3.63, 3.8) is 0 Å². The summed E-state index contributed by atoms with van der Waals surface area (Å²) in [5.74, 6) is -8.60. The average molecular weight is 611 g/mol. The van der Waals surface area contributed by atoms with Gasteiger partial charge in [-0.1, -0.05) is 0 Å². The maximum Gasteiger partial charge on any atom is 0.200 e. The van der Waals surface area contributed by atoms with E-state index in [9.17, 15) is 61.3 Å². The van der Waals surface area contributed by atoms with Gasteiger partial charge in [0, 0.05) is 52.4 Å². The van der Waals surface area contributed by atoms with Gasteiger partial charge in [0.15, 0.2) is 46.7 Å². The number of rotatable bonds is 3. The summed E-state index contributed by atoms with van der Waals surface area (Å²) in [6.45, 7) is 0. The van der Waals surface area contributed by atoms with Crippen molar-refractivity contribution in [2.45, 2.75) is 36.8 Å². The van der Waals surface area contributed by atoms with Crippen LogP contribution < -0.4 is 9.47 Å². The lowest BCUT2D eigenvalue weighted by molar-refractivity contribution is 0.00106. The number of hydrogen-bond donors (Lipinski definition) is 12. The second kappa shape index (κ2) is 10.00. The zero-order valence-electron chi connectivity index (χ0n) is 22.3. The van der Waals surface area contributed by atoms with Crippen LogP contribution in [0.5, 0.6) is 69.0 Å². The van der Waals surface area contributed by atoms with Crippen molar-refractivity contribution in [3.05, 3.63) is 70.3 Å². The molecule has 0 spiro atoms. The quantitative estimate of drug-likeness (QED) is 0.149. The van der Waals surface area contributed by atoms with E-state index in [4.69, 9.17) is 9.47 Å². The summed E-state index contributed by atoms with van der Waals surface area (Å²) in [6, 6.07) is 7.08. The molecule has 0 aromatic heterocycles. The Balaban J connectivity index is 1.56. The molecule has 2 unspecified atom stereocenters. The number of phenolic OH excluding ortho intramolecular Hbond substituents is 10. The van der Waals surface area contributed by atoms with Crippen LogP contribution in [0.15, 0.2) is 42.5 Å². The lowest BCUT2D eigenvalue weighted by Crippen LogP contribution is -2.36. The molecule has 0 amide bonds. The second-order valence-corrected chi connectivity index (χ2v) is 10.6. The Morgan fingerprint density at radius 1 is 0.523 bits per heavy atom. The molecule has 0 saturated carbocycles. The van der Waals surface area contributed by atoms with Crippen LogP contribution in [-0.2, 0) is 6.42 Å². The van der Waals surface area contributed by atoms with Crippen LogP contribution in [0.25, 0.3) is 0 Å². The zero-order chi connectivity index (χ0) is 31.8. The average Bonchev–Trinajstić information content (AvgIpc) is 2.95. The molecule has 0 radical (unpaired) electrons. The number of ether oxygens (including phenoxy) is 2. The minimum atomic E-state index is -1.75. The Morgan fingerprint density at radius 2 is 1.05 bits per heavy atom. The van der Waals surface area contributed by atoms with E-state index in [0.717, 1.165) is 42.5 Å². The van der Waals surface area contributed by atoms with E-state index in [1.807, 2.05) is 0 Å². The Bertz CT molecular complexity index is 1770. The van der Waals surface area contributed by atoms with Crippen molar-refractivity contribution in [2.24, 2.45) is 0 Å². The van der Waals surface area contributed by atoms with Crippen LogP contribution >= 0.6 is 0 Å². The molecule has 6 rings (SSSR count). The fourth-order valence-electron chi connectivity index (χ4n) is 5.85. The van der Waals surface area contributed by atoms with Crippen LogP contribution in [0.1, 0.15) is 45.9 Å². The molecule has 5 atom stereocenters. The van der Waals surface area contributed by atoms with Crippen molar-refractivity contribution < 1.29 is 70.8 Å². The number of aromatic hydroxyl groups is 10. The number of aliphatic hydroxyl groups is 2. The summed E-state index contributed by atoms with van der Waals surface area (Å²) in [4.78, 5) is 0. The standard InChI is InChI=1S/C30H26O14/c31-11-5-14(33)22-21(6-11)43-29(10-3-18(37)26(41)19(38)4-10)27(42)24(22)23-15(34)8-13(32)12-7-20(39)28(44-30(12)23)9-1-16(35)25(40)17(36)2-9/h1-6,8,20,24,27-29,31-42H,7H2/t20-,24-,27?,28-,29?/m0/s1. The smallest absolute Gasteiger partial charge is 0.200 e. The van der Waals surface area contributed by atoms with Gasteiger partial charge in [0.25, 0.3) is 0 Å². The summed E-state index contributed by atoms with van der Waals surface area (Å²) in [6.07, 6.45) is -6.26. The molecule has 2 heterocycles. The molecule has 14 nitrogen and oxygen atoms in total. The highest BCUT2D eigenvalue weighted by atomic mass is 16.5. The number of benzene rings is 4. The first-order valence-corrected chi connectivity index (χ1v) is 13.1. The SMILES string of the molecule is Oc1cc(O)c2c(c1)OC(c1cc(O)c(O)c(O)c1)C(O)[C@@H]2c1c(O)cc(O)c2c1O[C@@H](c1cc(O)c(O)c(O)c1)[C@@H](O)C2. The molecular weight excluding hydrogens is 584 g/mol. The van der Waals surface area contributed by atoms with Gasteiger partial charge in [0.05, 0.1) is 12.0 Å². The third-order valence-corrected chi connectivity index (χ3v) is 7.86. The highest BCUT2D eigenvalue weighted by Gasteiger charge is 2.46. The van der Waals surface area contributed by atoms with E-state index in [-0.39, 0.29) is 45.7 Å². The fraction of sp³-hybridized carbons (Fsp3) is 0.200. The van der Waals surface area contributed by atoms with Gasteiger partial charge in [0.2, 0.25) is 0 Å². The predicted octanol–water partition coefficient (Wildman–Crippen LogP) is 2.41. The molecule has 0 saturated heterocycles. The number of aliphatic hydroxyl groups excluding tert-OH is 2. The molecule has 0 fully saturated rings. The van der Waals surface area contributed by atoms with Crippen molar-refractivity contribution in [1.82, 2.24) is 0 Å². The molecule has 12 N–H and O–H groups in total. The Labute approximate surface area is 247 Å². The Morgan fingerprint density at radius 3 is 1.61 bits per heavy atom. The van der Waals surface area contributed by atoms with Crippen molar-refractivity contribution in [3.8, 4) is 69.0 Å². The van der Waals surface area contributed by atoms with Crippen molar-refractivity contribution >= 4 is 0 Å². The maximum absolute atomic E-state index is 11.8. The Kier molecular flexibility index (Phi) is 6.48. The van der Waals surface area contributed by atoms with Crippen molar-refractivity contribution in [1.29, 1.82) is 0 Å². The summed E-state index contributed by atoms with van der Waals surface area (Å²) in [5.41, 5.74) is -0.410. The first kappa shape index (κ1) is 28.5. The van der Waals surface area contributed by atoms with Gasteiger partial charge in [-0.25, -0.2) is 0 Å². The van der Waals surface area contributed by atoms with Crippen molar-refractivity contribution in [2.75, 3.05) is 0 Å². The normalized spacial score (nSPS) is 22.4. The molecular formula is C30H26O14. The monoisotopic (exact) mass is 610 g/mol.